The minimum absolute atomic E-state index is 0.0441. The van der Waals surface area contributed by atoms with E-state index in [0.717, 1.165) is 18.8 Å². The summed E-state index contributed by atoms with van der Waals surface area (Å²) in [4.78, 5) is 17.9. The van der Waals surface area contributed by atoms with E-state index in [0.29, 0.717) is 12.1 Å². The Morgan fingerprint density at radius 1 is 1.12 bits per heavy atom. The fourth-order valence-corrected chi connectivity index (χ4v) is 3.49. The van der Waals surface area contributed by atoms with Gasteiger partial charge in [0.2, 0.25) is 0 Å². The molecule has 2 aromatic rings. The largest absolute Gasteiger partial charge is 0.497 e. The van der Waals surface area contributed by atoms with Gasteiger partial charge in [0.15, 0.2) is 0 Å². The van der Waals surface area contributed by atoms with Gasteiger partial charge in [0.1, 0.15) is 11.8 Å². The van der Waals surface area contributed by atoms with Gasteiger partial charge in [0.05, 0.1) is 26.7 Å². The molecule has 1 aliphatic heterocycles. The molecule has 0 aliphatic carbocycles. The zero-order valence-electron chi connectivity index (χ0n) is 14.7. The quantitative estimate of drug-likeness (QED) is 0.840. The number of piperidine rings is 1. The van der Waals surface area contributed by atoms with Crippen molar-refractivity contribution in [3.05, 3.63) is 59.9 Å². The number of carbonyl (C=O) groups is 1. The molecule has 2 heterocycles. The highest BCUT2D eigenvalue weighted by Gasteiger charge is 2.26. The lowest BCUT2D eigenvalue weighted by Gasteiger charge is -2.32. The number of pyridine rings is 1. The van der Waals surface area contributed by atoms with Gasteiger partial charge in [-0.25, -0.2) is 0 Å². The highest BCUT2D eigenvalue weighted by molar-refractivity contribution is 5.93. The van der Waals surface area contributed by atoms with Gasteiger partial charge >= 0.3 is 0 Å². The first-order valence-corrected chi connectivity index (χ1v) is 8.94. The molecule has 5 nitrogen and oxygen atoms in total. The molecular weight excluding hydrogens is 314 g/mol. The van der Waals surface area contributed by atoms with E-state index in [-0.39, 0.29) is 11.9 Å². The number of carbonyl (C=O) groups excluding carboxylic acids is 1. The molecule has 1 aromatic heterocycles. The molecule has 1 aliphatic rings. The van der Waals surface area contributed by atoms with Crippen LogP contribution in [-0.4, -0.2) is 37.6 Å². The first kappa shape index (κ1) is 17.4. The number of likely N-dealkylation sites (tertiary alicyclic amines) is 1. The standard InChI is InChI=1S/C20H25N3O2/c1-25-18-7-5-16(6-8-18)19(23-13-3-2-4-14-23)15-22-20(24)17-9-11-21-12-10-17/h5-12,19H,2-4,13-15H2,1H3,(H,22,24)/p+1/t19-/m1/s1. The molecule has 1 amide bonds. The zero-order valence-corrected chi connectivity index (χ0v) is 14.7. The summed E-state index contributed by atoms with van der Waals surface area (Å²) >= 11 is 0. The van der Waals surface area contributed by atoms with E-state index >= 15 is 0 Å². The molecule has 25 heavy (non-hydrogen) atoms. The van der Waals surface area contributed by atoms with Gasteiger partial charge < -0.3 is 15.0 Å². The maximum absolute atomic E-state index is 12.4. The van der Waals surface area contributed by atoms with E-state index in [2.05, 4.69) is 22.4 Å². The minimum atomic E-state index is -0.0441. The van der Waals surface area contributed by atoms with Gasteiger partial charge in [0.25, 0.3) is 5.91 Å². The average molecular weight is 340 g/mol. The maximum atomic E-state index is 12.4. The highest BCUT2D eigenvalue weighted by atomic mass is 16.5. The number of methoxy groups -OCH3 is 1. The van der Waals surface area contributed by atoms with Gasteiger partial charge in [-0.3, -0.25) is 9.78 Å². The molecule has 2 N–H and O–H groups in total. The summed E-state index contributed by atoms with van der Waals surface area (Å²) in [5.74, 6) is 0.814. The molecule has 1 fully saturated rings. The Hall–Kier alpha value is -2.40. The van der Waals surface area contributed by atoms with Crippen molar-refractivity contribution in [3.63, 3.8) is 0 Å². The summed E-state index contributed by atoms with van der Waals surface area (Å²) in [5.41, 5.74) is 1.89. The van der Waals surface area contributed by atoms with Gasteiger partial charge in [0, 0.05) is 23.5 Å². The average Bonchev–Trinajstić information content (AvgIpc) is 2.70. The van der Waals surface area contributed by atoms with E-state index in [1.807, 2.05) is 12.1 Å². The van der Waals surface area contributed by atoms with Crippen LogP contribution in [0.1, 0.15) is 41.2 Å². The first-order valence-electron chi connectivity index (χ1n) is 8.94. The third kappa shape index (κ3) is 4.57. The summed E-state index contributed by atoms with van der Waals surface area (Å²) in [6.07, 6.45) is 7.10. The van der Waals surface area contributed by atoms with E-state index in [1.54, 1.807) is 36.5 Å². The number of amides is 1. The lowest BCUT2D eigenvalue weighted by Crippen LogP contribution is -3.13. The summed E-state index contributed by atoms with van der Waals surface area (Å²) in [6.45, 7) is 2.94. The Labute approximate surface area is 149 Å². The molecular formula is C20H26N3O2+. The molecule has 1 aromatic carbocycles. The number of quaternary nitrogens is 1. The van der Waals surface area contributed by atoms with Crippen LogP contribution < -0.4 is 15.0 Å². The van der Waals surface area contributed by atoms with E-state index in [4.69, 9.17) is 4.74 Å². The molecule has 1 atom stereocenters. The Kier molecular flexibility index (Phi) is 6.01. The van der Waals surface area contributed by atoms with Crippen molar-refractivity contribution in [2.45, 2.75) is 25.3 Å². The van der Waals surface area contributed by atoms with Crippen molar-refractivity contribution in [1.29, 1.82) is 0 Å². The maximum Gasteiger partial charge on any atom is 0.251 e. The van der Waals surface area contributed by atoms with E-state index in [1.165, 1.54) is 24.8 Å². The van der Waals surface area contributed by atoms with Gasteiger partial charge in [-0.1, -0.05) is 0 Å². The normalized spacial score (nSPS) is 16.2. The van der Waals surface area contributed by atoms with Crippen LogP contribution in [0.25, 0.3) is 0 Å². The lowest BCUT2D eigenvalue weighted by atomic mass is 10.0. The van der Waals surface area contributed by atoms with Crippen LogP contribution in [0.15, 0.2) is 48.8 Å². The van der Waals surface area contributed by atoms with Crippen LogP contribution in [0, 0.1) is 0 Å². The smallest absolute Gasteiger partial charge is 0.251 e. The van der Waals surface area contributed by atoms with E-state index < -0.39 is 0 Å². The van der Waals surface area contributed by atoms with Crippen molar-refractivity contribution in [2.24, 2.45) is 0 Å². The number of benzene rings is 1. The number of nitrogens with one attached hydrogen (secondary N) is 2. The Morgan fingerprint density at radius 3 is 2.44 bits per heavy atom. The number of aromatic nitrogens is 1. The number of rotatable bonds is 6. The van der Waals surface area contributed by atoms with Crippen LogP contribution in [-0.2, 0) is 0 Å². The van der Waals surface area contributed by atoms with Crippen molar-refractivity contribution < 1.29 is 14.4 Å². The number of ether oxygens (including phenoxy) is 1. The fourth-order valence-electron chi connectivity index (χ4n) is 3.49. The summed E-state index contributed by atoms with van der Waals surface area (Å²) in [6, 6.07) is 12.0. The minimum Gasteiger partial charge on any atom is -0.497 e. The topological polar surface area (TPSA) is 55.7 Å². The Balaban J connectivity index is 1.72. The molecule has 0 bridgehead atoms. The lowest BCUT2D eigenvalue weighted by molar-refractivity contribution is -0.935. The fraction of sp³-hybridized carbons (Fsp3) is 0.400. The molecule has 1 saturated heterocycles. The van der Waals surface area contributed by atoms with Crippen molar-refractivity contribution in [2.75, 3.05) is 26.7 Å². The van der Waals surface area contributed by atoms with Crippen molar-refractivity contribution in [3.8, 4) is 5.75 Å². The van der Waals surface area contributed by atoms with Crippen LogP contribution in [0.3, 0.4) is 0 Å². The molecule has 0 spiro atoms. The first-order chi connectivity index (χ1) is 12.3. The van der Waals surface area contributed by atoms with E-state index in [9.17, 15) is 4.79 Å². The molecule has 5 heteroatoms. The summed E-state index contributed by atoms with van der Waals surface area (Å²) in [7, 11) is 1.68. The van der Waals surface area contributed by atoms with Crippen molar-refractivity contribution in [1.82, 2.24) is 10.3 Å². The number of hydrogen-bond acceptors (Lipinski definition) is 3. The zero-order chi connectivity index (χ0) is 17.5. The summed E-state index contributed by atoms with van der Waals surface area (Å²) in [5, 5.41) is 3.10. The molecule has 132 valence electrons. The molecule has 0 saturated carbocycles. The molecule has 0 radical (unpaired) electrons. The third-order valence-electron chi connectivity index (χ3n) is 4.92. The Morgan fingerprint density at radius 2 is 1.80 bits per heavy atom. The monoisotopic (exact) mass is 340 g/mol. The second kappa shape index (κ2) is 8.62. The van der Waals surface area contributed by atoms with Gasteiger partial charge in [-0.2, -0.15) is 0 Å². The predicted molar refractivity (Wildman–Crippen MR) is 96.9 cm³/mol. The molecule has 0 unspecified atom stereocenters. The van der Waals surface area contributed by atoms with Gasteiger partial charge in [-0.15, -0.1) is 0 Å². The highest BCUT2D eigenvalue weighted by Crippen LogP contribution is 2.16. The third-order valence-corrected chi connectivity index (χ3v) is 4.92. The summed E-state index contributed by atoms with van der Waals surface area (Å²) < 4.78 is 5.27. The van der Waals surface area contributed by atoms with Gasteiger partial charge in [-0.05, 0) is 55.7 Å². The number of hydrogen-bond donors (Lipinski definition) is 2. The van der Waals surface area contributed by atoms with Crippen LogP contribution >= 0.6 is 0 Å². The van der Waals surface area contributed by atoms with Crippen LogP contribution in [0.4, 0.5) is 0 Å². The second-order valence-corrected chi connectivity index (χ2v) is 6.49. The predicted octanol–water partition coefficient (Wildman–Crippen LogP) is 1.63. The molecule has 3 rings (SSSR count). The Bertz CT molecular complexity index is 667. The number of nitrogens with zero attached hydrogens (tertiary/aromatic N) is 1. The van der Waals surface area contributed by atoms with Crippen LogP contribution in [0.2, 0.25) is 0 Å². The van der Waals surface area contributed by atoms with Crippen molar-refractivity contribution >= 4 is 5.91 Å². The second-order valence-electron chi connectivity index (χ2n) is 6.49. The SMILES string of the molecule is COc1ccc([C@@H](CNC(=O)c2ccncc2)[NH+]2CCCCC2)cc1. The van der Waals surface area contributed by atoms with Crippen LogP contribution in [0.5, 0.6) is 5.75 Å².